The fourth-order valence-electron chi connectivity index (χ4n) is 3.26. The predicted octanol–water partition coefficient (Wildman–Crippen LogP) is 3.72. The SMILES string of the molecule is Cc1sc(C(=O)NC2CCCC2CN)cc1-c1ccc(F)cc1. The molecule has 122 valence electrons. The van der Waals surface area contributed by atoms with Crippen LogP contribution in [0.4, 0.5) is 4.39 Å². The van der Waals surface area contributed by atoms with Crippen molar-refractivity contribution in [3.63, 3.8) is 0 Å². The topological polar surface area (TPSA) is 55.1 Å². The second kappa shape index (κ2) is 6.81. The van der Waals surface area contributed by atoms with Gasteiger partial charge >= 0.3 is 0 Å². The second-order valence-electron chi connectivity index (χ2n) is 6.09. The summed E-state index contributed by atoms with van der Waals surface area (Å²) < 4.78 is 13.1. The molecule has 0 bridgehead atoms. The number of amides is 1. The van der Waals surface area contributed by atoms with Crippen LogP contribution in [0.5, 0.6) is 0 Å². The normalized spacial score (nSPS) is 20.7. The van der Waals surface area contributed by atoms with Gasteiger partial charge in [0.1, 0.15) is 5.82 Å². The van der Waals surface area contributed by atoms with Crippen molar-refractivity contribution in [1.29, 1.82) is 0 Å². The van der Waals surface area contributed by atoms with Crippen molar-refractivity contribution in [3.05, 3.63) is 45.9 Å². The zero-order valence-electron chi connectivity index (χ0n) is 13.1. The van der Waals surface area contributed by atoms with Crippen molar-refractivity contribution >= 4 is 17.2 Å². The lowest BCUT2D eigenvalue weighted by atomic mass is 10.0. The van der Waals surface area contributed by atoms with Gasteiger partial charge in [0, 0.05) is 10.9 Å². The zero-order valence-corrected chi connectivity index (χ0v) is 14.0. The molecular formula is C18H21FN2OS. The van der Waals surface area contributed by atoms with Crippen LogP contribution >= 0.6 is 11.3 Å². The Morgan fingerprint density at radius 1 is 1.35 bits per heavy atom. The maximum atomic E-state index is 13.1. The summed E-state index contributed by atoms with van der Waals surface area (Å²) in [6, 6.07) is 8.45. The fraction of sp³-hybridized carbons (Fsp3) is 0.389. The number of aryl methyl sites for hydroxylation is 1. The minimum Gasteiger partial charge on any atom is -0.348 e. The Kier molecular flexibility index (Phi) is 4.78. The number of nitrogens with one attached hydrogen (secondary N) is 1. The number of halogens is 1. The first-order valence-electron chi connectivity index (χ1n) is 7.96. The molecule has 1 aromatic carbocycles. The Morgan fingerprint density at radius 3 is 2.78 bits per heavy atom. The van der Waals surface area contributed by atoms with Gasteiger partial charge in [0.25, 0.3) is 5.91 Å². The largest absolute Gasteiger partial charge is 0.348 e. The van der Waals surface area contributed by atoms with Crippen molar-refractivity contribution in [3.8, 4) is 11.1 Å². The average Bonchev–Trinajstić information content (AvgIpc) is 3.14. The number of carbonyl (C=O) groups is 1. The third-order valence-corrected chi connectivity index (χ3v) is 5.62. The van der Waals surface area contributed by atoms with Gasteiger partial charge in [0.2, 0.25) is 0 Å². The van der Waals surface area contributed by atoms with Crippen LogP contribution in [0.15, 0.2) is 30.3 Å². The van der Waals surface area contributed by atoms with Crippen LogP contribution in [0.25, 0.3) is 11.1 Å². The maximum Gasteiger partial charge on any atom is 0.261 e. The molecule has 0 aliphatic heterocycles. The summed E-state index contributed by atoms with van der Waals surface area (Å²) in [7, 11) is 0. The standard InChI is InChI=1S/C18H21FN2OS/c1-11-15(12-5-7-14(19)8-6-12)9-17(23-11)18(22)21-16-4-2-3-13(16)10-20/h5-9,13,16H,2-4,10,20H2,1H3,(H,21,22). The molecule has 1 saturated carbocycles. The van der Waals surface area contributed by atoms with Gasteiger partial charge in [-0.05, 0) is 61.6 Å². The summed E-state index contributed by atoms with van der Waals surface area (Å²) in [6.07, 6.45) is 3.21. The molecular weight excluding hydrogens is 311 g/mol. The van der Waals surface area contributed by atoms with E-state index in [1.807, 2.05) is 13.0 Å². The monoisotopic (exact) mass is 332 g/mol. The molecule has 2 aromatic rings. The highest BCUT2D eigenvalue weighted by Crippen LogP contribution is 2.32. The fourth-order valence-corrected chi connectivity index (χ4v) is 4.20. The van der Waals surface area contributed by atoms with E-state index in [1.54, 1.807) is 12.1 Å². The van der Waals surface area contributed by atoms with Gasteiger partial charge in [-0.2, -0.15) is 0 Å². The van der Waals surface area contributed by atoms with Gasteiger partial charge in [-0.25, -0.2) is 4.39 Å². The second-order valence-corrected chi connectivity index (χ2v) is 7.35. The Labute approximate surface area is 139 Å². The lowest BCUT2D eigenvalue weighted by Gasteiger charge is -2.18. The van der Waals surface area contributed by atoms with E-state index in [1.165, 1.54) is 23.5 Å². The molecule has 0 radical (unpaired) electrons. The van der Waals surface area contributed by atoms with Gasteiger partial charge in [-0.1, -0.05) is 18.6 Å². The van der Waals surface area contributed by atoms with Crippen molar-refractivity contribution in [2.75, 3.05) is 6.54 Å². The van der Waals surface area contributed by atoms with E-state index >= 15 is 0 Å². The summed E-state index contributed by atoms with van der Waals surface area (Å²) in [6.45, 7) is 2.60. The molecule has 23 heavy (non-hydrogen) atoms. The summed E-state index contributed by atoms with van der Waals surface area (Å²) in [4.78, 5) is 14.3. The zero-order chi connectivity index (χ0) is 16.4. The van der Waals surface area contributed by atoms with Gasteiger partial charge in [-0.3, -0.25) is 4.79 Å². The van der Waals surface area contributed by atoms with Gasteiger partial charge in [-0.15, -0.1) is 11.3 Å². The van der Waals surface area contributed by atoms with Crippen molar-refractivity contribution < 1.29 is 9.18 Å². The van der Waals surface area contributed by atoms with Crippen LogP contribution in [0, 0.1) is 18.7 Å². The number of nitrogens with two attached hydrogens (primary N) is 1. The first-order chi connectivity index (χ1) is 11.1. The number of carbonyl (C=O) groups excluding carboxylic acids is 1. The molecule has 2 atom stereocenters. The van der Waals surface area contributed by atoms with E-state index in [0.29, 0.717) is 17.3 Å². The highest BCUT2D eigenvalue weighted by molar-refractivity contribution is 7.14. The Hall–Kier alpha value is -1.72. The van der Waals surface area contributed by atoms with Crippen molar-refractivity contribution in [2.24, 2.45) is 11.7 Å². The molecule has 1 amide bonds. The van der Waals surface area contributed by atoms with Crippen molar-refractivity contribution in [1.82, 2.24) is 5.32 Å². The van der Waals surface area contributed by atoms with Crippen LogP contribution in [0.1, 0.15) is 33.8 Å². The molecule has 3 N–H and O–H groups in total. The number of rotatable bonds is 4. The summed E-state index contributed by atoms with van der Waals surface area (Å²) in [5.74, 6) is 0.0991. The third-order valence-electron chi connectivity index (χ3n) is 4.58. The van der Waals surface area contributed by atoms with Crippen molar-refractivity contribution in [2.45, 2.75) is 32.2 Å². The average molecular weight is 332 g/mol. The number of hydrogen-bond donors (Lipinski definition) is 2. The van der Waals surface area contributed by atoms with E-state index in [0.717, 1.165) is 35.3 Å². The van der Waals surface area contributed by atoms with E-state index in [2.05, 4.69) is 5.32 Å². The molecule has 1 aliphatic carbocycles. The van der Waals surface area contributed by atoms with E-state index in [-0.39, 0.29) is 17.8 Å². The van der Waals surface area contributed by atoms with E-state index in [4.69, 9.17) is 5.73 Å². The molecule has 0 spiro atoms. The Balaban J connectivity index is 1.77. The Morgan fingerprint density at radius 2 is 2.09 bits per heavy atom. The number of thiophene rings is 1. The number of hydrogen-bond acceptors (Lipinski definition) is 3. The van der Waals surface area contributed by atoms with Crippen LogP contribution in [-0.2, 0) is 0 Å². The van der Waals surface area contributed by atoms with Crippen LogP contribution in [0.2, 0.25) is 0 Å². The van der Waals surface area contributed by atoms with Gasteiger partial charge in [0.05, 0.1) is 4.88 Å². The highest BCUT2D eigenvalue weighted by Gasteiger charge is 2.28. The molecule has 1 aliphatic rings. The highest BCUT2D eigenvalue weighted by atomic mass is 32.1. The van der Waals surface area contributed by atoms with E-state index < -0.39 is 0 Å². The quantitative estimate of drug-likeness (QED) is 0.896. The van der Waals surface area contributed by atoms with Gasteiger partial charge in [0.15, 0.2) is 0 Å². The van der Waals surface area contributed by atoms with Crippen LogP contribution < -0.4 is 11.1 Å². The molecule has 0 saturated heterocycles. The predicted molar refractivity (Wildman–Crippen MR) is 92.1 cm³/mol. The smallest absolute Gasteiger partial charge is 0.261 e. The Bertz CT molecular complexity index is 696. The molecule has 1 heterocycles. The molecule has 3 rings (SSSR count). The van der Waals surface area contributed by atoms with Gasteiger partial charge < -0.3 is 11.1 Å². The molecule has 1 fully saturated rings. The minimum absolute atomic E-state index is 0.0307. The lowest BCUT2D eigenvalue weighted by molar-refractivity contribution is 0.0933. The summed E-state index contributed by atoms with van der Waals surface area (Å²) >= 11 is 1.48. The lowest BCUT2D eigenvalue weighted by Crippen LogP contribution is -2.39. The van der Waals surface area contributed by atoms with Crippen LogP contribution in [-0.4, -0.2) is 18.5 Å². The third kappa shape index (κ3) is 3.46. The van der Waals surface area contributed by atoms with E-state index in [9.17, 15) is 9.18 Å². The van der Waals surface area contributed by atoms with Crippen LogP contribution in [0.3, 0.4) is 0 Å². The molecule has 5 heteroatoms. The first kappa shape index (κ1) is 16.1. The molecule has 1 aromatic heterocycles. The molecule has 3 nitrogen and oxygen atoms in total. The minimum atomic E-state index is -0.256. The number of benzene rings is 1. The molecule has 2 unspecified atom stereocenters. The first-order valence-corrected chi connectivity index (χ1v) is 8.77. The summed E-state index contributed by atoms with van der Waals surface area (Å²) in [5.41, 5.74) is 7.69. The maximum absolute atomic E-state index is 13.1. The summed E-state index contributed by atoms with van der Waals surface area (Å²) in [5, 5.41) is 3.13.